The zero-order chi connectivity index (χ0) is 28.4. The number of ketones is 1. The standard InChI is InChI=1S/C31H30N2O6S/c1-4-6-14-39-21-9-7-8-20(16-21)28(35)26-27(19-11-13-23(34)24(17-19)38-5-2)33(30(37)29(26)36)31-32-22-12-10-18(3)15-25(22)40-31/h7-13,15-17,27,34-35H,4-6,14H2,1-3H3/b28-26+. The predicted octanol–water partition coefficient (Wildman–Crippen LogP) is 6.51. The number of carbonyl (C=O) groups is 2. The van der Waals surface area contributed by atoms with Gasteiger partial charge in [0.15, 0.2) is 16.6 Å². The quantitative estimate of drug-likeness (QED) is 0.104. The van der Waals surface area contributed by atoms with Gasteiger partial charge in [0.2, 0.25) is 0 Å². The average Bonchev–Trinajstić information content (AvgIpc) is 3.47. The lowest BCUT2D eigenvalue weighted by Crippen LogP contribution is -2.29. The highest BCUT2D eigenvalue weighted by molar-refractivity contribution is 7.22. The molecule has 2 heterocycles. The first-order valence-electron chi connectivity index (χ1n) is 13.2. The lowest BCUT2D eigenvalue weighted by molar-refractivity contribution is -0.132. The van der Waals surface area contributed by atoms with Crippen LogP contribution < -0.4 is 14.4 Å². The van der Waals surface area contributed by atoms with Crippen molar-refractivity contribution in [2.45, 2.75) is 39.7 Å². The zero-order valence-electron chi connectivity index (χ0n) is 22.5. The van der Waals surface area contributed by atoms with Gasteiger partial charge in [0, 0.05) is 5.56 Å². The Morgan fingerprint density at radius 3 is 2.65 bits per heavy atom. The van der Waals surface area contributed by atoms with Crippen LogP contribution in [-0.2, 0) is 9.59 Å². The van der Waals surface area contributed by atoms with Crippen LogP contribution in [0.4, 0.5) is 5.13 Å². The number of carbonyl (C=O) groups excluding carboxylic acids is 2. The van der Waals surface area contributed by atoms with E-state index in [2.05, 4.69) is 11.9 Å². The van der Waals surface area contributed by atoms with E-state index in [0.717, 1.165) is 23.1 Å². The third kappa shape index (κ3) is 5.12. The lowest BCUT2D eigenvalue weighted by Gasteiger charge is -2.23. The fourth-order valence-electron chi connectivity index (χ4n) is 4.66. The number of phenols is 1. The maximum absolute atomic E-state index is 13.6. The summed E-state index contributed by atoms with van der Waals surface area (Å²) in [5, 5.41) is 22.2. The summed E-state index contributed by atoms with van der Waals surface area (Å²) < 4.78 is 12.3. The number of ether oxygens (including phenoxy) is 2. The second kappa shape index (κ2) is 11.4. The van der Waals surface area contributed by atoms with Crippen LogP contribution >= 0.6 is 11.3 Å². The molecule has 4 aromatic rings. The number of hydrogen-bond donors (Lipinski definition) is 2. The summed E-state index contributed by atoms with van der Waals surface area (Å²) in [4.78, 5) is 33.2. The fourth-order valence-corrected chi connectivity index (χ4v) is 5.75. The zero-order valence-corrected chi connectivity index (χ0v) is 23.3. The van der Waals surface area contributed by atoms with Crippen LogP contribution in [0.5, 0.6) is 17.2 Å². The second-order valence-corrected chi connectivity index (χ2v) is 10.5. The summed E-state index contributed by atoms with van der Waals surface area (Å²) in [6.45, 7) is 6.65. The summed E-state index contributed by atoms with van der Waals surface area (Å²) in [5.74, 6) is -1.28. The molecule has 1 saturated heterocycles. The van der Waals surface area contributed by atoms with Gasteiger partial charge in [-0.25, -0.2) is 4.98 Å². The van der Waals surface area contributed by atoms with E-state index in [1.165, 1.54) is 22.3 Å². The number of aliphatic hydroxyl groups excluding tert-OH is 1. The number of anilines is 1. The first-order chi connectivity index (χ1) is 19.3. The molecule has 0 aliphatic carbocycles. The second-order valence-electron chi connectivity index (χ2n) is 9.53. The maximum Gasteiger partial charge on any atom is 0.301 e. The van der Waals surface area contributed by atoms with Gasteiger partial charge in [-0.2, -0.15) is 0 Å². The van der Waals surface area contributed by atoms with Crippen molar-refractivity contribution in [1.82, 2.24) is 4.98 Å². The third-order valence-electron chi connectivity index (χ3n) is 6.66. The normalized spacial score (nSPS) is 16.6. The molecule has 0 spiro atoms. The van der Waals surface area contributed by atoms with Crippen molar-refractivity contribution in [3.63, 3.8) is 0 Å². The van der Waals surface area contributed by atoms with Gasteiger partial charge < -0.3 is 19.7 Å². The maximum atomic E-state index is 13.6. The molecule has 40 heavy (non-hydrogen) atoms. The van der Waals surface area contributed by atoms with E-state index in [1.54, 1.807) is 43.3 Å². The number of aliphatic hydroxyl groups is 1. The first-order valence-corrected chi connectivity index (χ1v) is 14.0. The van der Waals surface area contributed by atoms with Crippen LogP contribution in [0.1, 0.15) is 49.4 Å². The minimum atomic E-state index is -1.01. The molecule has 1 fully saturated rings. The lowest BCUT2D eigenvalue weighted by atomic mass is 9.95. The Labute approximate surface area is 236 Å². The van der Waals surface area contributed by atoms with Crippen LogP contribution in [0.15, 0.2) is 66.2 Å². The van der Waals surface area contributed by atoms with Crippen molar-refractivity contribution < 1.29 is 29.3 Å². The number of rotatable bonds is 9. The van der Waals surface area contributed by atoms with Gasteiger partial charge in [-0.1, -0.05) is 48.9 Å². The largest absolute Gasteiger partial charge is 0.507 e. The molecular weight excluding hydrogens is 528 g/mol. The van der Waals surface area contributed by atoms with Crippen molar-refractivity contribution >= 4 is 44.1 Å². The fraction of sp³-hybridized carbons (Fsp3) is 0.258. The number of benzene rings is 3. The van der Waals surface area contributed by atoms with E-state index in [4.69, 9.17) is 9.47 Å². The minimum absolute atomic E-state index is 0.0741. The molecule has 206 valence electrons. The molecule has 1 atom stereocenters. The van der Waals surface area contributed by atoms with Gasteiger partial charge in [-0.05, 0) is 67.8 Å². The molecule has 3 aromatic carbocycles. The molecule has 1 amide bonds. The topological polar surface area (TPSA) is 109 Å². The number of Topliss-reactive ketones (excluding diaryl/α,β-unsaturated/α-hetero) is 1. The SMILES string of the molecule is CCCCOc1cccc(/C(O)=C2\C(=O)C(=O)N(c3nc4ccc(C)cc4s3)C2c2ccc(O)c(OCC)c2)c1. The summed E-state index contributed by atoms with van der Waals surface area (Å²) in [6, 6.07) is 16.2. The smallest absolute Gasteiger partial charge is 0.301 e. The Hall–Kier alpha value is -4.37. The van der Waals surface area contributed by atoms with Crippen molar-refractivity contribution in [2.24, 2.45) is 0 Å². The summed E-state index contributed by atoms with van der Waals surface area (Å²) in [6.07, 6.45) is 1.86. The number of amides is 1. The molecule has 1 unspecified atom stereocenters. The number of thiazole rings is 1. The Kier molecular flexibility index (Phi) is 7.75. The highest BCUT2D eigenvalue weighted by Gasteiger charge is 2.48. The van der Waals surface area contributed by atoms with Crippen molar-refractivity contribution in [1.29, 1.82) is 0 Å². The summed E-state index contributed by atoms with van der Waals surface area (Å²) >= 11 is 1.29. The van der Waals surface area contributed by atoms with Crippen LogP contribution in [0.25, 0.3) is 16.0 Å². The summed E-state index contributed by atoms with van der Waals surface area (Å²) in [7, 11) is 0. The van der Waals surface area contributed by atoms with E-state index < -0.39 is 17.7 Å². The Morgan fingerprint density at radius 2 is 1.88 bits per heavy atom. The molecule has 2 N–H and O–H groups in total. The number of aryl methyl sites for hydroxylation is 1. The number of nitrogens with zero attached hydrogens (tertiary/aromatic N) is 2. The van der Waals surface area contributed by atoms with Crippen molar-refractivity contribution in [3.8, 4) is 17.2 Å². The number of phenolic OH excluding ortho intramolecular Hbond substituents is 1. The van der Waals surface area contributed by atoms with E-state index in [1.807, 2.05) is 25.1 Å². The molecule has 0 radical (unpaired) electrons. The molecule has 1 aliphatic heterocycles. The van der Waals surface area contributed by atoms with Gasteiger partial charge >= 0.3 is 5.91 Å². The Bertz CT molecular complexity index is 1630. The minimum Gasteiger partial charge on any atom is -0.507 e. The van der Waals surface area contributed by atoms with E-state index in [-0.39, 0.29) is 22.8 Å². The van der Waals surface area contributed by atoms with E-state index in [0.29, 0.717) is 40.7 Å². The predicted molar refractivity (Wildman–Crippen MR) is 155 cm³/mol. The van der Waals surface area contributed by atoms with E-state index in [9.17, 15) is 19.8 Å². The first kappa shape index (κ1) is 27.2. The number of unbranched alkanes of at least 4 members (excludes halogenated alkanes) is 1. The molecule has 8 nitrogen and oxygen atoms in total. The molecule has 5 rings (SSSR count). The van der Waals surface area contributed by atoms with Crippen molar-refractivity contribution in [2.75, 3.05) is 18.1 Å². The van der Waals surface area contributed by atoms with Crippen LogP contribution in [0.3, 0.4) is 0 Å². The van der Waals surface area contributed by atoms with Crippen LogP contribution in [0.2, 0.25) is 0 Å². The Balaban J connectivity index is 1.68. The van der Waals surface area contributed by atoms with Gasteiger partial charge in [0.1, 0.15) is 11.5 Å². The van der Waals surface area contributed by atoms with Gasteiger partial charge in [0.25, 0.3) is 5.78 Å². The molecule has 0 saturated carbocycles. The van der Waals surface area contributed by atoms with Crippen LogP contribution in [0, 0.1) is 6.92 Å². The average molecular weight is 559 g/mol. The van der Waals surface area contributed by atoms with Gasteiger partial charge in [-0.3, -0.25) is 14.5 Å². The number of hydrogen-bond acceptors (Lipinski definition) is 8. The molecule has 1 aromatic heterocycles. The molecule has 9 heteroatoms. The highest BCUT2D eigenvalue weighted by atomic mass is 32.1. The van der Waals surface area contributed by atoms with Gasteiger partial charge in [-0.15, -0.1) is 0 Å². The molecular formula is C31H30N2O6S. The number of aromatic hydroxyl groups is 1. The number of aromatic nitrogens is 1. The summed E-state index contributed by atoms with van der Waals surface area (Å²) in [5.41, 5.74) is 2.49. The third-order valence-corrected chi connectivity index (χ3v) is 7.67. The number of fused-ring (bicyclic) bond motifs is 1. The van der Waals surface area contributed by atoms with E-state index >= 15 is 0 Å². The molecule has 1 aliphatic rings. The van der Waals surface area contributed by atoms with Crippen LogP contribution in [-0.4, -0.2) is 40.1 Å². The highest BCUT2D eigenvalue weighted by Crippen LogP contribution is 2.46. The monoisotopic (exact) mass is 558 g/mol. The van der Waals surface area contributed by atoms with Gasteiger partial charge in [0.05, 0.1) is 35.0 Å². The Morgan fingerprint density at radius 1 is 1.05 bits per heavy atom. The van der Waals surface area contributed by atoms with Crippen molar-refractivity contribution in [3.05, 3.63) is 82.9 Å². The molecule has 0 bridgehead atoms.